The Morgan fingerprint density at radius 3 is 2.62 bits per heavy atom. The maximum atomic E-state index is 9.83. The van der Waals surface area contributed by atoms with Gasteiger partial charge in [-0.05, 0) is 6.92 Å². The van der Waals surface area contributed by atoms with Gasteiger partial charge in [-0.2, -0.15) is 0 Å². The first-order chi connectivity index (χ1) is 3.68. The molecule has 0 saturated heterocycles. The molecule has 8 heavy (non-hydrogen) atoms. The third-order valence-electron chi connectivity index (χ3n) is 0.549. The Bertz CT molecular complexity index is 83.4. The van der Waals surface area contributed by atoms with E-state index >= 15 is 0 Å². The van der Waals surface area contributed by atoms with Gasteiger partial charge in [0, 0.05) is 6.61 Å². The Kier molecular flexibility index (Phi) is 3.14. The molecule has 4 heteroatoms. The maximum Gasteiger partial charge on any atom is 0.295 e. The van der Waals surface area contributed by atoms with E-state index in [1.54, 1.807) is 6.92 Å². The molecule has 0 aromatic carbocycles. The van der Waals surface area contributed by atoms with Crippen molar-refractivity contribution in [2.45, 2.75) is 13.2 Å². The predicted octanol–water partition coefficient (Wildman–Crippen LogP) is -0.849. The van der Waals surface area contributed by atoms with Gasteiger partial charge < -0.3 is 9.84 Å². The van der Waals surface area contributed by atoms with Crippen LogP contribution in [0.25, 0.3) is 0 Å². The Balaban J connectivity index is 3.32. The normalized spacial score (nSPS) is 13.2. The van der Waals surface area contributed by atoms with Gasteiger partial charge in [0.1, 0.15) is 0 Å². The fourth-order valence-electron chi connectivity index (χ4n) is 0.234. The number of hydrogen-bond acceptors (Lipinski definition) is 3. The minimum atomic E-state index is -1.56. The third kappa shape index (κ3) is 2.54. The number of hydrogen-bond donors (Lipinski definition) is 1. The van der Waals surface area contributed by atoms with Crippen LogP contribution in [0.15, 0.2) is 0 Å². The van der Waals surface area contributed by atoms with Gasteiger partial charge >= 0.3 is 0 Å². The van der Waals surface area contributed by atoms with Crippen molar-refractivity contribution in [2.24, 2.45) is 0 Å². The van der Waals surface area contributed by atoms with Gasteiger partial charge in [0.05, 0.1) is 0 Å². The fraction of sp³-hybridized carbons (Fsp3) is 0.750. The van der Waals surface area contributed by atoms with Crippen molar-refractivity contribution >= 4 is 5.91 Å². The quantitative estimate of drug-likeness (QED) is 0.491. The molecule has 0 fully saturated rings. The van der Waals surface area contributed by atoms with Crippen molar-refractivity contribution in [3.05, 3.63) is 0 Å². The lowest BCUT2D eigenvalue weighted by molar-refractivity contribution is -0.154. The first-order valence-electron chi connectivity index (χ1n) is 2.23. The van der Waals surface area contributed by atoms with Crippen molar-refractivity contribution in [3.63, 3.8) is 0 Å². The molecular weight excluding hydrogens is 110 g/mol. The van der Waals surface area contributed by atoms with E-state index in [1.165, 1.54) is 0 Å². The predicted molar refractivity (Wildman–Crippen MR) is 25.7 cm³/mol. The fourth-order valence-corrected chi connectivity index (χ4v) is 0.234. The second kappa shape index (κ2) is 3.40. The van der Waals surface area contributed by atoms with E-state index in [0.29, 0.717) is 0 Å². The molecule has 2 N–H and O–H groups in total. The average Bonchev–Trinajstić information content (AvgIpc) is 1.67. The van der Waals surface area contributed by atoms with Crippen molar-refractivity contribution in [2.75, 3.05) is 6.61 Å². The molecular formula is C4H8NO3. The molecule has 0 aromatic rings. The highest BCUT2D eigenvalue weighted by molar-refractivity contribution is 5.76. The number of amides is 1. The molecule has 0 rings (SSSR count). The highest BCUT2D eigenvalue weighted by atomic mass is 16.6. The summed E-state index contributed by atoms with van der Waals surface area (Å²) in [6.07, 6.45) is -1.56. The van der Waals surface area contributed by atoms with E-state index < -0.39 is 12.2 Å². The van der Waals surface area contributed by atoms with Crippen molar-refractivity contribution in [3.8, 4) is 0 Å². The second-order valence-corrected chi connectivity index (χ2v) is 1.17. The summed E-state index contributed by atoms with van der Waals surface area (Å²) in [4.78, 5) is 9.83. The first kappa shape index (κ1) is 7.39. The molecule has 47 valence electrons. The highest BCUT2D eigenvalue weighted by Gasteiger charge is 2.08. The summed E-state index contributed by atoms with van der Waals surface area (Å²) in [5.74, 6) is -1.10. The molecule has 1 amide bonds. The van der Waals surface area contributed by atoms with Gasteiger partial charge in [-0.1, -0.05) is 0 Å². The molecule has 1 atom stereocenters. The molecule has 0 aliphatic carbocycles. The van der Waals surface area contributed by atoms with Crippen molar-refractivity contribution in [1.29, 1.82) is 0 Å². The summed E-state index contributed by atoms with van der Waals surface area (Å²) in [6, 6.07) is 0. The lowest BCUT2D eigenvalue weighted by Gasteiger charge is -2.02. The van der Waals surface area contributed by atoms with Crippen LogP contribution in [0.3, 0.4) is 0 Å². The molecule has 1 radical (unpaired) electrons. The number of aliphatic hydroxyl groups excluding tert-OH is 1. The molecule has 0 heterocycles. The molecule has 0 aliphatic heterocycles. The van der Waals surface area contributed by atoms with Crippen LogP contribution in [0.1, 0.15) is 6.92 Å². The highest BCUT2D eigenvalue weighted by Crippen LogP contribution is 1.82. The largest absolute Gasteiger partial charge is 0.360 e. The van der Waals surface area contributed by atoms with Crippen LogP contribution in [0.2, 0.25) is 0 Å². The molecule has 0 spiro atoms. The van der Waals surface area contributed by atoms with Crippen molar-refractivity contribution < 1.29 is 14.6 Å². The van der Waals surface area contributed by atoms with E-state index in [4.69, 9.17) is 10.8 Å². The van der Waals surface area contributed by atoms with Crippen LogP contribution in [0.5, 0.6) is 0 Å². The topological polar surface area (TPSA) is 70.3 Å². The number of carbonyl (C=O) groups is 1. The Morgan fingerprint density at radius 2 is 2.50 bits per heavy atom. The van der Waals surface area contributed by atoms with E-state index in [1.807, 2.05) is 0 Å². The van der Waals surface area contributed by atoms with Gasteiger partial charge in [0.25, 0.3) is 5.91 Å². The third-order valence-corrected chi connectivity index (χ3v) is 0.549. The monoisotopic (exact) mass is 118 g/mol. The zero-order valence-corrected chi connectivity index (χ0v) is 4.55. The molecule has 0 bridgehead atoms. The molecule has 1 unspecified atom stereocenters. The summed E-state index contributed by atoms with van der Waals surface area (Å²) in [5, 5.41) is 8.37. The number of carbonyl (C=O) groups excluding carboxylic acids is 1. The molecule has 0 aromatic heterocycles. The number of ether oxygens (including phenoxy) is 1. The van der Waals surface area contributed by atoms with Gasteiger partial charge in [-0.15, -0.1) is 0 Å². The average molecular weight is 118 g/mol. The summed E-state index contributed by atoms with van der Waals surface area (Å²) in [6.45, 7) is 1.87. The zero-order chi connectivity index (χ0) is 6.57. The standard InChI is InChI=1S/C4H8NO3/c1-2-8-4(7)3(5)6/h4-5,7H,2H2,1H3. The van der Waals surface area contributed by atoms with Crippen LogP contribution in [0.4, 0.5) is 0 Å². The Labute approximate surface area is 47.2 Å². The number of aliphatic hydroxyl groups is 1. The van der Waals surface area contributed by atoms with Crippen molar-refractivity contribution in [1.82, 2.24) is 5.73 Å². The van der Waals surface area contributed by atoms with Crippen LogP contribution in [-0.4, -0.2) is 23.9 Å². The zero-order valence-electron chi connectivity index (χ0n) is 4.55. The van der Waals surface area contributed by atoms with Crippen LogP contribution >= 0.6 is 0 Å². The number of rotatable bonds is 3. The summed E-state index contributed by atoms with van der Waals surface area (Å²) < 4.78 is 4.32. The Hall–Kier alpha value is -0.610. The minimum absolute atomic E-state index is 0.242. The smallest absolute Gasteiger partial charge is 0.295 e. The molecule has 0 aliphatic rings. The van der Waals surface area contributed by atoms with Crippen LogP contribution in [-0.2, 0) is 9.53 Å². The SMILES string of the molecule is CCOC(O)C([NH])=O. The lowest BCUT2D eigenvalue weighted by Crippen LogP contribution is -2.23. The summed E-state index contributed by atoms with van der Waals surface area (Å²) >= 11 is 0. The number of nitrogens with one attached hydrogen (secondary N) is 1. The molecule has 4 nitrogen and oxygen atoms in total. The van der Waals surface area contributed by atoms with E-state index in [0.717, 1.165) is 0 Å². The first-order valence-corrected chi connectivity index (χ1v) is 2.23. The van der Waals surface area contributed by atoms with Crippen LogP contribution < -0.4 is 5.73 Å². The lowest BCUT2D eigenvalue weighted by atomic mass is 10.6. The molecule has 0 saturated carbocycles. The van der Waals surface area contributed by atoms with Gasteiger partial charge in [0.2, 0.25) is 6.29 Å². The maximum absolute atomic E-state index is 9.83. The van der Waals surface area contributed by atoms with E-state index in [2.05, 4.69) is 4.74 Å². The second-order valence-electron chi connectivity index (χ2n) is 1.17. The van der Waals surface area contributed by atoms with Gasteiger partial charge in [-0.25, -0.2) is 0 Å². The van der Waals surface area contributed by atoms with Gasteiger partial charge in [0.15, 0.2) is 0 Å². The Morgan fingerprint density at radius 1 is 2.00 bits per heavy atom. The summed E-state index contributed by atoms with van der Waals surface area (Å²) in [5.41, 5.74) is 6.27. The summed E-state index contributed by atoms with van der Waals surface area (Å²) in [7, 11) is 0. The van der Waals surface area contributed by atoms with E-state index in [9.17, 15) is 4.79 Å². The van der Waals surface area contributed by atoms with Gasteiger partial charge in [-0.3, -0.25) is 10.5 Å². The minimum Gasteiger partial charge on any atom is -0.360 e. The van der Waals surface area contributed by atoms with Crippen LogP contribution in [0, 0.1) is 0 Å². The van der Waals surface area contributed by atoms with E-state index in [-0.39, 0.29) is 6.61 Å².